The molecule has 5 rings (SSSR count). The van der Waals surface area contributed by atoms with Crippen molar-refractivity contribution in [2.75, 3.05) is 41.5 Å². The Balaban J connectivity index is 1.28. The summed E-state index contributed by atoms with van der Waals surface area (Å²) in [6, 6.07) is 1.58. The van der Waals surface area contributed by atoms with Crippen molar-refractivity contribution in [1.29, 1.82) is 0 Å². The number of Topliss-reactive ketones (excluding diaryl/α,β-unsaturated/α-hetero) is 2. The lowest BCUT2D eigenvalue weighted by Gasteiger charge is -2.42. The number of fused-ring (bicyclic) bond motifs is 5. The van der Waals surface area contributed by atoms with Gasteiger partial charge in [0.05, 0.1) is 26.2 Å². The Bertz CT molecular complexity index is 2250. The van der Waals surface area contributed by atoms with Crippen molar-refractivity contribution in [3.63, 3.8) is 0 Å². The van der Waals surface area contributed by atoms with E-state index in [9.17, 15) is 38.7 Å². The van der Waals surface area contributed by atoms with Gasteiger partial charge in [0, 0.05) is 52.3 Å². The van der Waals surface area contributed by atoms with Crippen LogP contribution in [-0.4, -0.2) is 152 Å². The van der Waals surface area contributed by atoms with Crippen LogP contribution in [0.25, 0.3) is 0 Å². The standard InChI is InChI=1S/C53H76N4O15/c1-12-40(58)39(30-56(8)51(64)69-37-20-16-14-13-15-17-21-37)54-49(62)68-24-23-46(60)57(9)35(6)48(61)71-45-28-41(59)32(3)38-26-36(27-42(66-10)33(38)4)25-31(2)19-18-22-44(67-11)53(65)29-43(70-50(63)55-53)34(5)47-52(45,7)72-47/h16,18-20,22,26-27,32,34-35,37,39,43-45,47,65H,12-15,17,21,23-25,28-30H2,1-11H3,(H,54,62)(H,55,63)/b20-16+,22-18+,31-19+/t32?,34-,35+,37?,39?,43?,44?,45+,47+,52+,53?/m1/s1. The number of allylic oxidation sites excluding steroid dienone is 4. The van der Waals surface area contributed by atoms with Gasteiger partial charge in [0.1, 0.15) is 60.2 Å². The second-order valence-corrected chi connectivity index (χ2v) is 19.8. The van der Waals surface area contributed by atoms with Crippen LogP contribution >= 0.6 is 0 Å². The molecule has 398 valence electrons. The van der Waals surface area contributed by atoms with Crippen LogP contribution in [0.5, 0.6) is 5.75 Å². The van der Waals surface area contributed by atoms with Gasteiger partial charge in [-0.25, -0.2) is 19.2 Å². The molecule has 2 aliphatic heterocycles. The molecule has 4 bridgehead atoms. The Hall–Kier alpha value is -5.79. The fourth-order valence-corrected chi connectivity index (χ4v) is 9.58. The van der Waals surface area contributed by atoms with Crippen LogP contribution in [0.3, 0.4) is 0 Å². The molecule has 11 atom stereocenters. The summed E-state index contributed by atoms with van der Waals surface area (Å²) >= 11 is 0. The van der Waals surface area contributed by atoms with Crippen LogP contribution in [0, 0.1) is 12.8 Å². The fraction of sp³-hybridized carbons (Fsp3) is 0.642. The molecule has 19 heteroatoms. The van der Waals surface area contributed by atoms with Crippen LogP contribution in [0.4, 0.5) is 14.4 Å². The summed E-state index contributed by atoms with van der Waals surface area (Å²) in [6.07, 6.45) is 6.98. The smallest absolute Gasteiger partial charge is 0.410 e. The molecule has 0 saturated carbocycles. The Morgan fingerprint density at radius 2 is 1.76 bits per heavy atom. The molecule has 1 aromatic rings. The van der Waals surface area contributed by atoms with Gasteiger partial charge in [-0.3, -0.25) is 19.7 Å². The van der Waals surface area contributed by atoms with E-state index in [0.29, 0.717) is 18.6 Å². The van der Waals surface area contributed by atoms with Gasteiger partial charge in [0.25, 0.3) is 0 Å². The summed E-state index contributed by atoms with van der Waals surface area (Å²) in [4.78, 5) is 96.1. The number of amides is 4. The SMILES string of the molecule is CCC(=O)C(CN(C)C(=O)OC1/C=C/CCCCC1)NC(=O)OCCC(=O)N(C)[C@@H](C)C(=O)O[C@H]1CC(=O)C(C)c2cc(cc(OC)c2C)C/C(C)=C/C=C/C(OC)C2(O)CC(OC(=O)N2)[C@@H](C)[C@@H]2O[C@@]12C. The van der Waals surface area contributed by atoms with Gasteiger partial charge < -0.3 is 53.4 Å². The lowest BCUT2D eigenvalue weighted by molar-refractivity contribution is -0.162. The van der Waals surface area contributed by atoms with Gasteiger partial charge in [0.2, 0.25) is 5.91 Å². The lowest BCUT2D eigenvalue weighted by Crippen LogP contribution is -2.63. The molecule has 3 N–H and O–H groups in total. The molecule has 0 radical (unpaired) electrons. The van der Waals surface area contributed by atoms with E-state index in [1.54, 1.807) is 47.0 Å². The minimum absolute atomic E-state index is 0.0707. The number of nitrogens with one attached hydrogen (secondary N) is 2. The molecule has 2 fully saturated rings. The highest BCUT2D eigenvalue weighted by molar-refractivity contribution is 5.89. The van der Waals surface area contributed by atoms with E-state index in [1.807, 2.05) is 44.2 Å². The van der Waals surface area contributed by atoms with Gasteiger partial charge in [-0.2, -0.15) is 0 Å². The third-order valence-corrected chi connectivity index (χ3v) is 14.5. The van der Waals surface area contributed by atoms with Crippen LogP contribution in [0.15, 0.2) is 48.1 Å². The molecule has 4 aliphatic rings. The number of alkyl carbamates (subject to hydrolysis) is 2. The number of rotatable bonds is 14. The van der Waals surface area contributed by atoms with E-state index < -0.39 is 96.4 Å². The topological polar surface area (TPSA) is 238 Å². The summed E-state index contributed by atoms with van der Waals surface area (Å²) in [5, 5.41) is 16.9. The van der Waals surface area contributed by atoms with E-state index in [-0.39, 0.29) is 49.9 Å². The first kappa shape index (κ1) is 57.1. The molecule has 6 unspecified atom stereocenters. The van der Waals surface area contributed by atoms with Crippen LogP contribution < -0.4 is 15.4 Å². The monoisotopic (exact) mass is 1010 g/mol. The summed E-state index contributed by atoms with van der Waals surface area (Å²) in [6.45, 7) is 11.6. The van der Waals surface area contributed by atoms with Crippen molar-refractivity contribution in [3.05, 3.63) is 64.8 Å². The summed E-state index contributed by atoms with van der Waals surface area (Å²) in [5.74, 6) is -2.70. The van der Waals surface area contributed by atoms with Gasteiger partial charge in [0.15, 0.2) is 11.5 Å². The summed E-state index contributed by atoms with van der Waals surface area (Å²) in [5.41, 5.74) is 0.182. The number of esters is 1. The van der Waals surface area contributed by atoms with E-state index in [2.05, 4.69) is 10.6 Å². The van der Waals surface area contributed by atoms with Crippen molar-refractivity contribution in [1.82, 2.24) is 20.4 Å². The number of benzene rings is 1. The van der Waals surface area contributed by atoms with Crippen LogP contribution in [-0.2, 0) is 54.0 Å². The quantitative estimate of drug-likeness (QED) is 0.0802. The average molecular weight is 1010 g/mol. The van der Waals surface area contributed by atoms with E-state index in [1.165, 1.54) is 33.0 Å². The maximum atomic E-state index is 14.5. The highest BCUT2D eigenvalue weighted by Crippen LogP contribution is 2.49. The zero-order valence-corrected chi connectivity index (χ0v) is 43.8. The Morgan fingerprint density at radius 3 is 2.46 bits per heavy atom. The van der Waals surface area contributed by atoms with Crippen molar-refractivity contribution >= 4 is 41.7 Å². The third kappa shape index (κ3) is 14.5. The molecule has 2 aliphatic carbocycles. The number of hydrogen-bond acceptors (Lipinski definition) is 15. The fourth-order valence-electron chi connectivity index (χ4n) is 9.58. The highest BCUT2D eigenvalue weighted by Gasteiger charge is 2.64. The molecule has 72 heavy (non-hydrogen) atoms. The maximum absolute atomic E-state index is 14.5. The maximum Gasteiger partial charge on any atom is 0.410 e. The molecule has 2 saturated heterocycles. The van der Waals surface area contributed by atoms with Crippen molar-refractivity contribution in [2.24, 2.45) is 5.92 Å². The molecule has 19 nitrogen and oxygen atoms in total. The number of nitrogens with zero attached hydrogens (tertiary/aromatic N) is 2. The molecule has 1 aromatic carbocycles. The van der Waals surface area contributed by atoms with E-state index in [4.69, 9.17) is 33.2 Å². The van der Waals surface area contributed by atoms with Gasteiger partial charge in [-0.15, -0.1) is 0 Å². The number of epoxide rings is 1. The first-order valence-corrected chi connectivity index (χ1v) is 25.0. The Morgan fingerprint density at radius 1 is 1.03 bits per heavy atom. The predicted octanol–water partition coefficient (Wildman–Crippen LogP) is 6.30. The minimum atomic E-state index is -1.87. The molecule has 0 aromatic heterocycles. The minimum Gasteiger partial charge on any atom is -0.496 e. The first-order valence-electron chi connectivity index (χ1n) is 25.0. The number of hydrogen-bond donors (Lipinski definition) is 3. The van der Waals surface area contributed by atoms with Crippen LogP contribution in [0.1, 0.15) is 122 Å². The van der Waals surface area contributed by atoms with E-state index >= 15 is 0 Å². The second kappa shape index (κ2) is 25.2. The molecule has 4 amide bonds. The van der Waals surface area contributed by atoms with Gasteiger partial charge in [-0.1, -0.05) is 63.1 Å². The predicted molar refractivity (Wildman–Crippen MR) is 264 cm³/mol. The molecular weight excluding hydrogens is 933 g/mol. The van der Waals surface area contributed by atoms with Crippen molar-refractivity contribution in [2.45, 2.75) is 173 Å². The van der Waals surface area contributed by atoms with Gasteiger partial charge >= 0.3 is 24.2 Å². The average Bonchev–Trinajstić information content (AvgIpc) is 4.03. The normalized spacial score (nSPS) is 30.1. The lowest BCUT2D eigenvalue weighted by atomic mass is 9.82. The Kier molecular flexibility index (Phi) is 20.0. The number of ketones is 2. The van der Waals surface area contributed by atoms with Crippen LogP contribution in [0.2, 0.25) is 0 Å². The van der Waals surface area contributed by atoms with Crippen molar-refractivity contribution < 1.29 is 71.8 Å². The van der Waals surface area contributed by atoms with Gasteiger partial charge in [-0.05, 0) is 88.6 Å². The van der Waals surface area contributed by atoms with E-state index in [0.717, 1.165) is 52.8 Å². The first-order chi connectivity index (χ1) is 34.0. The number of carbonyl (C=O) groups excluding carboxylic acids is 7. The number of carbonyl (C=O) groups is 7. The largest absolute Gasteiger partial charge is 0.496 e. The zero-order valence-electron chi connectivity index (χ0n) is 43.8. The molecule has 2 heterocycles. The molecular formula is C53H76N4O15. The summed E-state index contributed by atoms with van der Waals surface area (Å²) in [7, 11) is 5.84. The second-order valence-electron chi connectivity index (χ2n) is 19.8. The number of aliphatic hydroxyl groups is 1. The van der Waals surface area contributed by atoms with Crippen molar-refractivity contribution in [3.8, 4) is 5.75 Å². The Labute approximate surface area is 423 Å². The molecule has 0 spiro atoms. The number of likely N-dealkylation sites (N-methyl/N-ethyl adjacent to an activating group) is 2. The highest BCUT2D eigenvalue weighted by atomic mass is 16.7. The summed E-state index contributed by atoms with van der Waals surface area (Å²) < 4.78 is 40.6. The number of ether oxygens (including phenoxy) is 7. The third-order valence-electron chi connectivity index (χ3n) is 14.5. The zero-order chi connectivity index (χ0) is 53.1. The number of methoxy groups -OCH3 is 2.